The average Bonchev–Trinajstić information content (AvgIpc) is 2.61. The zero-order chi connectivity index (χ0) is 18.4. The topological polar surface area (TPSA) is 87.7 Å². The Morgan fingerprint density at radius 2 is 1.96 bits per heavy atom. The molecule has 0 aliphatic carbocycles. The lowest BCUT2D eigenvalue weighted by molar-refractivity contribution is 0.0706. The highest BCUT2D eigenvalue weighted by atomic mass is 35.5. The van der Waals surface area contributed by atoms with Gasteiger partial charge in [-0.1, -0.05) is 6.07 Å². The summed E-state index contributed by atoms with van der Waals surface area (Å²) in [4.78, 5) is 14.7. The number of carbonyl (C=O) groups excluding carboxylic acids is 1. The van der Waals surface area contributed by atoms with E-state index in [0.29, 0.717) is 24.7 Å². The molecule has 0 radical (unpaired) electrons. The first-order chi connectivity index (χ1) is 11.9. The van der Waals surface area contributed by atoms with Crippen molar-refractivity contribution in [2.24, 2.45) is 0 Å². The standard InChI is InChI=1S/C17H27N3O4S.ClH/c1-13-4-5-15(25(22,23)19-8-11-24-3)12-16(13)17(21)20-9-6-14(18-2)7-10-20;/h4-5,12,14,18-19H,6-11H2,1-3H3;1H. The Morgan fingerprint density at radius 1 is 1.31 bits per heavy atom. The Labute approximate surface area is 161 Å². The first kappa shape index (κ1) is 22.9. The van der Waals surface area contributed by atoms with Gasteiger partial charge >= 0.3 is 0 Å². The summed E-state index contributed by atoms with van der Waals surface area (Å²) in [6.07, 6.45) is 1.80. The van der Waals surface area contributed by atoms with E-state index in [9.17, 15) is 13.2 Å². The third-order valence-electron chi connectivity index (χ3n) is 4.54. The monoisotopic (exact) mass is 405 g/mol. The molecule has 2 rings (SSSR count). The van der Waals surface area contributed by atoms with Crippen molar-refractivity contribution in [1.29, 1.82) is 0 Å². The van der Waals surface area contributed by atoms with Gasteiger partial charge in [-0.25, -0.2) is 13.1 Å². The van der Waals surface area contributed by atoms with Crippen LogP contribution in [-0.4, -0.2) is 65.7 Å². The molecular weight excluding hydrogens is 378 g/mol. The van der Waals surface area contributed by atoms with Crippen LogP contribution < -0.4 is 10.0 Å². The van der Waals surface area contributed by atoms with Gasteiger partial charge in [-0.05, 0) is 44.5 Å². The zero-order valence-electron chi connectivity index (χ0n) is 15.4. The predicted octanol–water partition coefficient (Wildman–Crippen LogP) is 1.17. The minimum atomic E-state index is -3.66. The molecule has 0 spiro atoms. The third-order valence-corrected chi connectivity index (χ3v) is 6.00. The fraction of sp³-hybridized carbons (Fsp3) is 0.588. The quantitative estimate of drug-likeness (QED) is 0.665. The smallest absolute Gasteiger partial charge is 0.254 e. The summed E-state index contributed by atoms with van der Waals surface area (Å²) < 4.78 is 32.0. The van der Waals surface area contributed by atoms with E-state index in [1.807, 2.05) is 14.0 Å². The molecule has 1 fully saturated rings. The maximum atomic E-state index is 12.8. The lowest BCUT2D eigenvalue weighted by atomic mass is 10.0. The number of carbonyl (C=O) groups is 1. The Kier molecular flexibility index (Phi) is 8.99. The largest absolute Gasteiger partial charge is 0.383 e. The second-order valence-corrected chi connectivity index (χ2v) is 7.99. The van der Waals surface area contributed by atoms with Crippen LogP contribution in [0.3, 0.4) is 0 Å². The highest BCUT2D eigenvalue weighted by Crippen LogP contribution is 2.20. The van der Waals surface area contributed by atoms with Crippen LogP contribution in [0.2, 0.25) is 0 Å². The van der Waals surface area contributed by atoms with Gasteiger partial charge in [0.1, 0.15) is 0 Å². The van der Waals surface area contributed by atoms with Crippen molar-refractivity contribution in [3.63, 3.8) is 0 Å². The van der Waals surface area contributed by atoms with Crippen molar-refractivity contribution in [3.05, 3.63) is 29.3 Å². The van der Waals surface area contributed by atoms with Gasteiger partial charge in [-0.2, -0.15) is 0 Å². The number of methoxy groups -OCH3 is 1. The van der Waals surface area contributed by atoms with Crippen molar-refractivity contribution >= 4 is 28.3 Å². The Hall–Kier alpha value is -1.19. The Balaban J connectivity index is 0.00000338. The maximum absolute atomic E-state index is 12.8. The summed E-state index contributed by atoms with van der Waals surface area (Å²) in [6.45, 7) is 3.65. The fourth-order valence-corrected chi connectivity index (χ4v) is 3.94. The number of nitrogens with zero attached hydrogens (tertiary/aromatic N) is 1. The number of amides is 1. The van der Waals surface area contributed by atoms with E-state index >= 15 is 0 Å². The molecule has 0 bridgehead atoms. The number of hydrogen-bond donors (Lipinski definition) is 2. The molecule has 1 amide bonds. The van der Waals surface area contributed by atoms with Gasteiger partial charge in [0.05, 0.1) is 11.5 Å². The summed E-state index contributed by atoms with van der Waals surface area (Å²) in [5.41, 5.74) is 1.22. The first-order valence-corrected chi connectivity index (χ1v) is 9.93. The number of benzene rings is 1. The van der Waals surface area contributed by atoms with Crippen LogP contribution in [0.15, 0.2) is 23.1 Å². The number of piperidine rings is 1. The highest BCUT2D eigenvalue weighted by Gasteiger charge is 2.25. The number of rotatable bonds is 7. The normalized spacial score (nSPS) is 15.6. The van der Waals surface area contributed by atoms with Crippen LogP contribution in [0, 0.1) is 6.92 Å². The van der Waals surface area contributed by atoms with E-state index in [-0.39, 0.29) is 36.4 Å². The maximum Gasteiger partial charge on any atom is 0.254 e. The van der Waals surface area contributed by atoms with Crippen molar-refractivity contribution < 1.29 is 17.9 Å². The summed E-state index contributed by atoms with van der Waals surface area (Å²) >= 11 is 0. The van der Waals surface area contributed by atoms with E-state index in [0.717, 1.165) is 18.4 Å². The fourth-order valence-electron chi connectivity index (χ4n) is 2.90. The van der Waals surface area contributed by atoms with Gasteiger partial charge in [0.15, 0.2) is 0 Å². The zero-order valence-corrected chi connectivity index (χ0v) is 17.1. The molecule has 26 heavy (non-hydrogen) atoms. The minimum absolute atomic E-state index is 0. The third kappa shape index (κ3) is 5.65. The van der Waals surface area contributed by atoms with Gasteiger partial charge in [0.2, 0.25) is 10.0 Å². The molecule has 1 aliphatic heterocycles. The summed E-state index contributed by atoms with van der Waals surface area (Å²) in [5, 5.41) is 3.23. The number of nitrogens with one attached hydrogen (secondary N) is 2. The molecule has 1 aliphatic rings. The average molecular weight is 406 g/mol. The van der Waals surface area contributed by atoms with Crippen LogP contribution in [0.5, 0.6) is 0 Å². The predicted molar refractivity (Wildman–Crippen MR) is 103 cm³/mol. The van der Waals surface area contributed by atoms with Crippen molar-refractivity contribution in [3.8, 4) is 0 Å². The first-order valence-electron chi connectivity index (χ1n) is 8.45. The molecule has 0 atom stereocenters. The molecular formula is C17H28ClN3O4S. The summed E-state index contributed by atoms with van der Waals surface area (Å²) in [5.74, 6) is -0.110. The van der Waals surface area contributed by atoms with Gasteiger partial charge in [-0.3, -0.25) is 4.79 Å². The molecule has 1 aromatic rings. The van der Waals surface area contributed by atoms with Gasteiger partial charge < -0.3 is 15.0 Å². The number of ether oxygens (including phenoxy) is 1. The second kappa shape index (κ2) is 10.2. The van der Waals surface area contributed by atoms with E-state index in [2.05, 4.69) is 10.0 Å². The van der Waals surface area contributed by atoms with Crippen molar-refractivity contribution in [2.75, 3.05) is 40.4 Å². The molecule has 1 aromatic carbocycles. The lowest BCUT2D eigenvalue weighted by Gasteiger charge is -2.32. The van der Waals surface area contributed by atoms with Crippen molar-refractivity contribution in [2.45, 2.75) is 30.7 Å². The molecule has 1 heterocycles. The van der Waals surface area contributed by atoms with Crippen LogP contribution >= 0.6 is 12.4 Å². The highest BCUT2D eigenvalue weighted by molar-refractivity contribution is 7.89. The molecule has 0 saturated carbocycles. The van der Waals surface area contributed by atoms with Crippen LogP contribution in [0.1, 0.15) is 28.8 Å². The molecule has 0 unspecified atom stereocenters. The lowest BCUT2D eigenvalue weighted by Crippen LogP contribution is -2.44. The molecule has 148 valence electrons. The molecule has 1 saturated heterocycles. The van der Waals surface area contributed by atoms with Crippen LogP contribution in [0.25, 0.3) is 0 Å². The SMILES string of the molecule is CNC1CCN(C(=O)c2cc(S(=O)(=O)NCCOC)ccc2C)CC1.Cl. The number of aryl methyl sites for hydroxylation is 1. The Morgan fingerprint density at radius 3 is 2.54 bits per heavy atom. The second-order valence-electron chi connectivity index (χ2n) is 6.22. The van der Waals surface area contributed by atoms with Crippen molar-refractivity contribution in [1.82, 2.24) is 14.9 Å². The number of sulfonamides is 1. The van der Waals surface area contributed by atoms with E-state index in [1.165, 1.54) is 19.2 Å². The number of halogens is 1. The Bertz CT molecular complexity index is 704. The minimum Gasteiger partial charge on any atom is -0.383 e. The van der Waals surface area contributed by atoms with E-state index in [1.54, 1.807) is 11.0 Å². The molecule has 2 N–H and O–H groups in total. The molecule has 9 heteroatoms. The van der Waals surface area contributed by atoms with Crippen LogP contribution in [0.4, 0.5) is 0 Å². The van der Waals surface area contributed by atoms with E-state index in [4.69, 9.17) is 4.74 Å². The molecule has 7 nitrogen and oxygen atoms in total. The summed E-state index contributed by atoms with van der Waals surface area (Å²) in [7, 11) is -0.224. The van der Waals surface area contributed by atoms with E-state index < -0.39 is 10.0 Å². The van der Waals surface area contributed by atoms with Gasteiger partial charge in [0, 0.05) is 38.3 Å². The van der Waals surface area contributed by atoms with Gasteiger partial charge in [0.25, 0.3) is 5.91 Å². The number of likely N-dealkylation sites (tertiary alicyclic amines) is 1. The molecule has 0 aromatic heterocycles. The van der Waals surface area contributed by atoms with Crippen LogP contribution in [-0.2, 0) is 14.8 Å². The summed E-state index contributed by atoms with van der Waals surface area (Å²) in [6, 6.07) is 5.10. The number of hydrogen-bond acceptors (Lipinski definition) is 5. The van der Waals surface area contributed by atoms with Gasteiger partial charge in [-0.15, -0.1) is 12.4 Å².